The summed E-state index contributed by atoms with van der Waals surface area (Å²) in [5, 5.41) is 5.65. The van der Waals surface area contributed by atoms with Crippen molar-refractivity contribution in [3.05, 3.63) is 83.4 Å². The summed E-state index contributed by atoms with van der Waals surface area (Å²) in [6, 6.07) is 18.7. The highest BCUT2D eigenvalue weighted by Gasteiger charge is 2.22. The normalized spacial score (nSPS) is 10.9. The average Bonchev–Trinajstić information content (AvgIpc) is 2.83. The zero-order valence-electron chi connectivity index (χ0n) is 17.9. The van der Waals surface area contributed by atoms with Crippen molar-refractivity contribution < 1.29 is 22.7 Å². The third-order valence-corrected chi connectivity index (χ3v) is 6.76. The Morgan fingerprint density at radius 3 is 2.30 bits per heavy atom. The molecule has 3 aromatic carbocycles. The molecular formula is C23H22ClN3O5S. The monoisotopic (exact) mass is 487 g/mol. The summed E-state index contributed by atoms with van der Waals surface area (Å²) < 4.78 is 32.3. The van der Waals surface area contributed by atoms with Gasteiger partial charge in [0.05, 0.1) is 24.2 Å². The van der Waals surface area contributed by atoms with Crippen LogP contribution in [0.15, 0.2) is 77.7 Å². The molecule has 0 aliphatic heterocycles. The summed E-state index contributed by atoms with van der Waals surface area (Å²) in [5.41, 5.74) is 1.08. The number of halogens is 1. The van der Waals surface area contributed by atoms with Gasteiger partial charge in [-0.2, -0.15) is 0 Å². The lowest BCUT2D eigenvalue weighted by molar-refractivity contribution is -0.115. The fraction of sp³-hybridized carbons (Fsp3) is 0.130. The number of hydrogen-bond acceptors (Lipinski definition) is 5. The molecule has 0 saturated carbocycles. The van der Waals surface area contributed by atoms with Crippen LogP contribution in [0.25, 0.3) is 0 Å². The molecule has 0 aliphatic carbocycles. The number of methoxy groups -OCH3 is 1. The lowest BCUT2D eigenvalue weighted by Gasteiger charge is -2.20. The van der Waals surface area contributed by atoms with Crippen LogP contribution < -0.4 is 19.7 Å². The second kappa shape index (κ2) is 10.4. The molecule has 3 rings (SSSR count). The summed E-state index contributed by atoms with van der Waals surface area (Å²) in [6.07, 6.45) is 0. The molecule has 0 aromatic heterocycles. The van der Waals surface area contributed by atoms with E-state index < -0.39 is 21.8 Å². The van der Waals surface area contributed by atoms with Crippen LogP contribution in [0.1, 0.15) is 10.4 Å². The second-order valence-corrected chi connectivity index (χ2v) is 9.34. The van der Waals surface area contributed by atoms with E-state index >= 15 is 0 Å². The Bertz CT molecular complexity index is 1250. The molecule has 8 nitrogen and oxygen atoms in total. The molecule has 33 heavy (non-hydrogen) atoms. The predicted octanol–water partition coefficient (Wildman–Crippen LogP) is 3.54. The Kier molecular flexibility index (Phi) is 7.57. The molecule has 0 atom stereocenters. The molecule has 0 fully saturated rings. The molecule has 10 heteroatoms. The summed E-state index contributed by atoms with van der Waals surface area (Å²) in [6.45, 7) is -0.288. The number of nitrogens with zero attached hydrogens (tertiary/aromatic N) is 1. The van der Waals surface area contributed by atoms with Gasteiger partial charge in [0.2, 0.25) is 5.91 Å². The van der Waals surface area contributed by atoms with Gasteiger partial charge in [-0.1, -0.05) is 17.7 Å². The molecule has 3 aromatic rings. The Morgan fingerprint density at radius 1 is 1.00 bits per heavy atom. The number of sulfonamides is 1. The van der Waals surface area contributed by atoms with Crippen LogP contribution in [0.3, 0.4) is 0 Å². The lowest BCUT2D eigenvalue weighted by Crippen LogP contribution is -2.33. The minimum Gasteiger partial charge on any atom is -0.497 e. The molecule has 2 N–H and O–H groups in total. The Morgan fingerprint density at radius 2 is 1.67 bits per heavy atom. The second-order valence-electron chi connectivity index (χ2n) is 6.94. The van der Waals surface area contributed by atoms with Crippen molar-refractivity contribution in [1.29, 1.82) is 0 Å². The predicted molar refractivity (Wildman–Crippen MR) is 127 cm³/mol. The van der Waals surface area contributed by atoms with Gasteiger partial charge >= 0.3 is 0 Å². The van der Waals surface area contributed by atoms with Gasteiger partial charge in [0.1, 0.15) is 5.75 Å². The average molecular weight is 488 g/mol. The van der Waals surface area contributed by atoms with Crippen molar-refractivity contribution in [2.24, 2.45) is 0 Å². The maximum atomic E-state index is 13.0. The molecular weight excluding hydrogens is 466 g/mol. The van der Waals surface area contributed by atoms with E-state index in [0.717, 1.165) is 4.31 Å². The molecule has 0 heterocycles. The van der Waals surface area contributed by atoms with E-state index in [1.54, 1.807) is 48.5 Å². The van der Waals surface area contributed by atoms with Gasteiger partial charge in [0, 0.05) is 23.3 Å². The van der Waals surface area contributed by atoms with Crippen molar-refractivity contribution in [2.75, 3.05) is 30.3 Å². The van der Waals surface area contributed by atoms with Gasteiger partial charge in [0.25, 0.3) is 15.9 Å². The van der Waals surface area contributed by atoms with Crippen molar-refractivity contribution in [3.8, 4) is 5.75 Å². The fourth-order valence-corrected chi connectivity index (χ4v) is 4.26. The molecule has 0 saturated heterocycles. The summed E-state index contributed by atoms with van der Waals surface area (Å²) in [7, 11) is -0.978. The van der Waals surface area contributed by atoms with Gasteiger partial charge < -0.3 is 15.4 Å². The number of carbonyl (C=O) groups excluding carboxylic acids is 2. The number of benzene rings is 3. The van der Waals surface area contributed by atoms with Crippen LogP contribution in [0, 0.1) is 0 Å². The zero-order valence-corrected chi connectivity index (χ0v) is 19.5. The van der Waals surface area contributed by atoms with Crippen LogP contribution >= 0.6 is 11.6 Å². The van der Waals surface area contributed by atoms with E-state index in [4.69, 9.17) is 16.3 Å². The Balaban J connectivity index is 1.67. The highest BCUT2D eigenvalue weighted by atomic mass is 35.5. The first-order chi connectivity index (χ1) is 15.7. The lowest BCUT2D eigenvalue weighted by atomic mass is 10.2. The van der Waals surface area contributed by atoms with E-state index in [1.165, 1.54) is 38.4 Å². The molecule has 2 amide bonds. The molecule has 0 bridgehead atoms. The van der Waals surface area contributed by atoms with Gasteiger partial charge in [-0.05, 0) is 66.7 Å². The van der Waals surface area contributed by atoms with Crippen molar-refractivity contribution in [1.82, 2.24) is 5.32 Å². The third-order valence-electron chi connectivity index (χ3n) is 4.73. The minimum atomic E-state index is -3.92. The van der Waals surface area contributed by atoms with Crippen molar-refractivity contribution in [3.63, 3.8) is 0 Å². The maximum absolute atomic E-state index is 13.0. The van der Waals surface area contributed by atoms with E-state index in [0.29, 0.717) is 22.1 Å². The highest BCUT2D eigenvalue weighted by Crippen LogP contribution is 2.24. The van der Waals surface area contributed by atoms with Crippen LogP contribution in [0.4, 0.5) is 11.4 Å². The standard InChI is InChI=1S/C23H22ClN3O5S/c1-27(19-10-12-20(32-2)13-11-19)33(30,31)21-5-3-4-16(14-21)23(29)25-15-22(28)26-18-8-6-17(24)7-9-18/h3-14H,15H2,1-2H3,(H,25,29)(H,26,28). The first kappa shape index (κ1) is 24.1. The van der Waals surface area contributed by atoms with Crippen LogP contribution in [0.5, 0.6) is 5.75 Å². The fourth-order valence-electron chi connectivity index (χ4n) is 2.89. The minimum absolute atomic E-state index is 0.0564. The quantitative estimate of drug-likeness (QED) is 0.505. The van der Waals surface area contributed by atoms with E-state index in [-0.39, 0.29) is 17.0 Å². The Labute approximate surface area is 197 Å². The van der Waals surface area contributed by atoms with Gasteiger partial charge in [0.15, 0.2) is 0 Å². The zero-order chi connectivity index (χ0) is 24.0. The largest absolute Gasteiger partial charge is 0.497 e. The maximum Gasteiger partial charge on any atom is 0.264 e. The first-order valence-electron chi connectivity index (χ1n) is 9.77. The number of ether oxygens (including phenoxy) is 1. The van der Waals surface area contributed by atoms with Crippen molar-refractivity contribution in [2.45, 2.75) is 4.90 Å². The highest BCUT2D eigenvalue weighted by molar-refractivity contribution is 7.92. The SMILES string of the molecule is COc1ccc(N(C)S(=O)(=O)c2cccc(C(=O)NCC(=O)Nc3ccc(Cl)cc3)c2)cc1. The number of amides is 2. The van der Waals surface area contributed by atoms with Crippen molar-refractivity contribution >= 4 is 44.8 Å². The summed E-state index contributed by atoms with van der Waals surface area (Å²) >= 11 is 5.81. The number of nitrogens with one attached hydrogen (secondary N) is 2. The van der Waals surface area contributed by atoms with Gasteiger partial charge in [-0.25, -0.2) is 8.42 Å². The molecule has 172 valence electrons. The van der Waals surface area contributed by atoms with Crippen LogP contribution in [0.2, 0.25) is 5.02 Å². The summed E-state index contributed by atoms with van der Waals surface area (Å²) in [4.78, 5) is 24.5. The van der Waals surface area contributed by atoms with Gasteiger partial charge in [-0.15, -0.1) is 0 Å². The number of rotatable bonds is 8. The molecule has 0 spiro atoms. The van der Waals surface area contributed by atoms with E-state index in [9.17, 15) is 18.0 Å². The topological polar surface area (TPSA) is 105 Å². The molecule has 0 radical (unpaired) electrons. The molecule has 0 aliphatic rings. The van der Waals surface area contributed by atoms with Crippen LogP contribution in [-0.4, -0.2) is 40.9 Å². The first-order valence-corrected chi connectivity index (χ1v) is 11.6. The smallest absolute Gasteiger partial charge is 0.264 e. The van der Waals surface area contributed by atoms with Gasteiger partial charge in [-0.3, -0.25) is 13.9 Å². The van der Waals surface area contributed by atoms with E-state index in [2.05, 4.69) is 10.6 Å². The molecule has 0 unspecified atom stereocenters. The number of carbonyl (C=O) groups is 2. The number of hydrogen-bond donors (Lipinski definition) is 2. The Hall–Kier alpha value is -3.56. The summed E-state index contributed by atoms with van der Waals surface area (Å²) in [5.74, 6) is -0.414. The van der Waals surface area contributed by atoms with Crippen LogP contribution in [-0.2, 0) is 14.8 Å². The third kappa shape index (κ3) is 6.03. The van der Waals surface area contributed by atoms with E-state index in [1.807, 2.05) is 0 Å². The number of anilines is 2.